The smallest absolute Gasteiger partial charge is 0.271 e. The molecule has 0 saturated carbocycles. The van der Waals surface area contributed by atoms with Crippen molar-refractivity contribution >= 4 is 18.3 Å². The van der Waals surface area contributed by atoms with Crippen LogP contribution in [0.15, 0.2) is 35.1 Å². The molecule has 3 N–H and O–H groups in total. The third-order valence-corrected chi connectivity index (χ3v) is 4.18. The lowest BCUT2D eigenvalue weighted by Crippen LogP contribution is -2.46. The molecule has 0 radical (unpaired) electrons. The SMILES string of the molecule is Cc1ccc(-n2[nH]c(C(=O)NCCN3CCNCC3)cc2=O)cc1.Cl. The summed E-state index contributed by atoms with van der Waals surface area (Å²) >= 11 is 0. The molecule has 1 aliphatic heterocycles. The molecular weight excluding hydrogens is 342 g/mol. The standard InChI is InChI=1S/C17H23N5O2.ClH/c1-13-2-4-14(5-3-13)22-16(23)12-15(20-22)17(24)19-8-11-21-9-6-18-7-10-21;/h2-5,12,18,20H,6-11H2,1H3,(H,19,24);1H. The molecule has 0 aliphatic carbocycles. The van der Waals surface area contributed by atoms with Crippen molar-refractivity contribution < 1.29 is 4.79 Å². The Kier molecular flexibility index (Phi) is 6.81. The van der Waals surface area contributed by atoms with Gasteiger partial charge in [-0.3, -0.25) is 19.6 Å². The van der Waals surface area contributed by atoms with Crippen molar-refractivity contribution in [3.8, 4) is 5.69 Å². The molecule has 2 aromatic rings. The van der Waals surface area contributed by atoms with E-state index >= 15 is 0 Å². The Hall–Kier alpha value is -2.09. The van der Waals surface area contributed by atoms with E-state index in [9.17, 15) is 9.59 Å². The van der Waals surface area contributed by atoms with Gasteiger partial charge in [0.15, 0.2) is 0 Å². The Labute approximate surface area is 152 Å². The topological polar surface area (TPSA) is 82.2 Å². The van der Waals surface area contributed by atoms with Crippen LogP contribution < -0.4 is 16.2 Å². The average Bonchev–Trinajstić information content (AvgIpc) is 2.98. The molecule has 7 nitrogen and oxygen atoms in total. The molecule has 0 spiro atoms. The number of rotatable bonds is 5. The molecule has 8 heteroatoms. The molecule has 2 heterocycles. The number of aryl methyl sites for hydroxylation is 1. The van der Waals surface area contributed by atoms with E-state index in [1.54, 1.807) is 0 Å². The van der Waals surface area contributed by atoms with Gasteiger partial charge >= 0.3 is 0 Å². The van der Waals surface area contributed by atoms with E-state index in [0.29, 0.717) is 12.2 Å². The summed E-state index contributed by atoms with van der Waals surface area (Å²) in [5.74, 6) is -0.256. The van der Waals surface area contributed by atoms with Gasteiger partial charge in [-0.1, -0.05) is 17.7 Å². The minimum Gasteiger partial charge on any atom is -0.349 e. The summed E-state index contributed by atoms with van der Waals surface area (Å²) in [7, 11) is 0. The highest BCUT2D eigenvalue weighted by molar-refractivity contribution is 5.92. The van der Waals surface area contributed by atoms with Gasteiger partial charge in [-0.2, -0.15) is 0 Å². The van der Waals surface area contributed by atoms with Crippen molar-refractivity contribution in [1.29, 1.82) is 0 Å². The van der Waals surface area contributed by atoms with Crippen LogP contribution in [0, 0.1) is 6.92 Å². The first kappa shape index (κ1) is 19.2. The average molecular weight is 366 g/mol. The van der Waals surface area contributed by atoms with Crippen LogP contribution in [-0.4, -0.2) is 59.9 Å². The number of nitrogens with zero attached hydrogens (tertiary/aromatic N) is 2. The number of carbonyl (C=O) groups excluding carboxylic acids is 1. The van der Waals surface area contributed by atoms with Crippen LogP contribution in [0.5, 0.6) is 0 Å². The second kappa shape index (κ2) is 8.84. The van der Waals surface area contributed by atoms with Gasteiger partial charge in [0.25, 0.3) is 11.5 Å². The van der Waals surface area contributed by atoms with Crippen molar-refractivity contribution in [2.75, 3.05) is 39.3 Å². The summed E-state index contributed by atoms with van der Waals surface area (Å²) in [6, 6.07) is 8.88. The number of H-pyrrole nitrogens is 1. The number of nitrogens with one attached hydrogen (secondary N) is 3. The maximum atomic E-state index is 12.2. The Balaban J connectivity index is 0.00000225. The zero-order chi connectivity index (χ0) is 16.9. The number of halogens is 1. The van der Waals surface area contributed by atoms with Gasteiger partial charge in [-0.25, -0.2) is 4.68 Å². The van der Waals surface area contributed by atoms with Crippen molar-refractivity contribution in [2.45, 2.75) is 6.92 Å². The number of aromatic nitrogens is 2. The van der Waals surface area contributed by atoms with Crippen molar-refractivity contribution in [3.63, 3.8) is 0 Å². The number of carbonyl (C=O) groups is 1. The summed E-state index contributed by atoms with van der Waals surface area (Å²) in [4.78, 5) is 26.6. The highest BCUT2D eigenvalue weighted by Crippen LogP contribution is 2.06. The highest BCUT2D eigenvalue weighted by Gasteiger charge is 2.13. The quantitative estimate of drug-likeness (QED) is 0.722. The fourth-order valence-corrected chi connectivity index (χ4v) is 2.76. The molecule has 1 aliphatic rings. The fourth-order valence-electron chi connectivity index (χ4n) is 2.76. The Bertz CT molecular complexity index is 747. The molecule has 0 bridgehead atoms. The lowest BCUT2D eigenvalue weighted by molar-refractivity contribution is 0.0942. The number of amides is 1. The zero-order valence-corrected chi connectivity index (χ0v) is 15.1. The van der Waals surface area contributed by atoms with Gasteiger partial charge in [0.05, 0.1) is 5.69 Å². The van der Waals surface area contributed by atoms with Crippen molar-refractivity contribution in [2.24, 2.45) is 0 Å². The van der Waals surface area contributed by atoms with Crippen molar-refractivity contribution in [1.82, 2.24) is 25.3 Å². The van der Waals surface area contributed by atoms with Crippen LogP contribution >= 0.6 is 12.4 Å². The first-order valence-electron chi connectivity index (χ1n) is 8.24. The zero-order valence-electron chi connectivity index (χ0n) is 14.2. The van der Waals surface area contributed by atoms with E-state index in [2.05, 4.69) is 20.6 Å². The van der Waals surface area contributed by atoms with Crippen molar-refractivity contribution in [3.05, 3.63) is 51.9 Å². The lowest BCUT2D eigenvalue weighted by atomic mass is 10.2. The Morgan fingerprint density at radius 3 is 2.56 bits per heavy atom. The highest BCUT2D eigenvalue weighted by atomic mass is 35.5. The molecule has 1 aromatic carbocycles. The molecule has 1 aromatic heterocycles. The summed E-state index contributed by atoms with van der Waals surface area (Å²) in [6.07, 6.45) is 0. The van der Waals surface area contributed by atoms with Gasteiger partial charge in [0.1, 0.15) is 5.69 Å². The molecule has 1 amide bonds. The van der Waals surface area contributed by atoms with Gasteiger partial charge in [0.2, 0.25) is 0 Å². The first-order valence-corrected chi connectivity index (χ1v) is 8.24. The van der Waals surface area contributed by atoms with Crippen LogP contribution in [0.3, 0.4) is 0 Å². The van der Waals surface area contributed by atoms with Crippen LogP contribution in [0.2, 0.25) is 0 Å². The second-order valence-electron chi connectivity index (χ2n) is 6.03. The molecule has 0 atom stereocenters. The normalized spacial score (nSPS) is 14.8. The van der Waals surface area contributed by atoms with E-state index < -0.39 is 0 Å². The maximum absolute atomic E-state index is 12.2. The van der Waals surface area contributed by atoms with Crippen LogP contribution in [-0.2, 0) is 0 Å². The summed E-state index contributed by atoms with van der Waals surface area (Å²) in [5.41, 5.74) is 1.86. The Morgan fingerprint density at radius 1 is 1.20 bits per heavy atom. The predicted octanol–water partition coefficient (Wildman–Crippen LogP) is 0.531. The van der Waals surface area contributed by atoms with Gasteiger partial charge < -0.3 is 10.6 Å². The molecular formula is C17H24ClN5O2. The van der Waals surface area contributed by atoms with E-state index in [0.717, 1.165) is 38.3 Å². The third kappa shape index (κ3) is 4.94. The number of hydrogen-bond acceptors (Lipinski definition) is 4. The predicted molar refractivity (Wildman–Crippen MR) is 100 cm³/mol. The Morgan fingerprint density at radius 2 is 1.88 bits per heavy atom. The largest absolute Gasteiger partial charge is 0.349 e. The minimum atomic E-state index is -0.256. The number of aromatic amines is 1. The van der Waals surface area contributed by atoms with E-state index in [1.165, 1.54) is 10.7 Å². The van der Waals surface area contributed by atoms with E-state index in [-0.39, 0.29) is 29.6 Å². The third-order valence-electron chi connectivity index (χ3n) is 4.18. The first-order chi connectivity index (χ1) is 11.6. The summed E-state index contributed by atoms with van der Waals surface area (Å²) in [6.45, 7) is 7.33. The summed E-state index contributed by atoms with van der Waals surface area (Å²) < 4.78 is 1.38. The summed E-state index contributed by atoms with van der Waals surface area (Å²) in [5, 5.41) is 9.03. The molecule has 25 heavy (non-hydrogen) atoms. The fraction of sp³-hybridized carbons (Fsp3) is 0.412. The lowest BCUT2D eigenvalue weighted by Gasteiger charge is -2.26. The van der Waals surface area contributed by atoms with Crippen LogP contribution in [0.4, 0.5) is 0 Å². The van der Waals surface area contributed by atoms with Gasteiger partial charge in [0, 0.05) is 45.3 Å². The number of hydrogen-bond donors (Lipinski definition) is 3. The van der Waals surface area contributed by atoms with E-state index in [1.807, 2.05) is 31.2 Å². The molecule has 1 fully saturated rings. The van der Waals surface area contributed by atoms with Crippen LogP contribution in [0.25, 0.3) is 5.69 Å². The van der Waals surface area contributed by atoms with Crippen LogP contribution in [0.1, 0.15) is 16.1 Å². The monoisotopic (exact) mass is 365 g/mol. The number of piperazine rings is 1. The molecule has 1 saturated heterocycles. The minimum absolute atomic E-state index is 0. The second-order valence-corrected chi connectivity index (χ2v) is 6.03. The molecule has 136 valence electrons. The maximum Gasteiger partial charge on any atom is 0.271 e. The van der Waals surface area contributed by atoms with E-state index in [4.69, 9.17) is 0 Å². The molecule has 3 rings (SSSR count). The number of benzene rings is 1. The molecule has 0 unspecified atom stereocenters. The van der Waals surface area contributed by atoms with Gasteiger partial charge in [-0.15, -0.1) is 12.4 Å². The van der Waals surface area contributed by atoms with Gasteiger partial charge in [-0.05, 0) is 19.1 Å².